The fourth-order valence-electron chi connectivity index (χ4n) is 1.20. The lowest BCUT2D eigenvalue weighted by Crippen LogP contribution is -1.96. The van der Waals surface area contributed by atoms with Gasteiger partial charge in [-0.3, -0.25) is 0 Å². The van der Waals surface area contributed by atoms with Crippen LogP contribution in [0.15, 0.2) is 33.2 Å². The number of ether oxygens (including phenoxy) is 1. The smallest absolute Gasteiger partial charge is 0.240 e. The third kappa shape index (κ3) is 3.09. The maximum atomic E-state index is 5.98. The van der Waals surface area contributed by atoms with E-state index in [1.165, 1.54) is 6.07 Å². The molecule has 0 atom stereocenters. The summed E-state index contributed by atoms with van der Waals surface area (Å²) < 4.78 is 7.28. The Morgan fingerprint density at radius 1 is 1.11 bits per heavy atom. The van der Waals surface area contributed by atoms with E-state index < -0.39 is 0 Å². The summed E-state index contributed by atoms with van der Waals surface area (Å²) in [5, 5.41) is 0.589. The van der Waals surface area contributed by atoms with E-state index >= 15 is 0 Å². The van der Waals surface area contributed by atoms with E-state index in [-0.39, 0.29) is 11.7 Å². The average Bonchev–Trinajstić information content (AvgIpc) is 2.29. The molecule has 2 N–H and O–H groups in total. The van der Waals surface area contributed by atoms with Crippen LogP contribution in [0, 0.1) is 0 Å². The Balaban J connectivity index is 2.37. The molecule has 0 aliphatic rings. The van der Waals surface area contributed by atoms with Gasteiger partial charge >= 0.3 is 0 Å². The SMILES string of the molecule is Nc1nc(Oc2ccc(Br)cc2Br)c(Cl)cc1Cl. The molecule has 2 aromatic rings. The summed E-state index contributed by atoms with van der Waals surface area (Å²) in [6.07, 6.45) is 0. The van der Waals surface area contributed by atoms with Crippen molar-refractivity contribution in [1.29, 1.82) is 0 Å². The molecule has 0 bridgehead atoms. The number of nitrogen functional groups attached to an aromatic ring is 1. The lowest BCUT2D eigenvalue weighted by atomic mass is 10.3. The molecule has 7 heteroatoms. The van der Waals surface area contributed by atoms with Crippen LogP contribution in [-0.4, -0.2) is 4.98 Å². The molecule has 0 saturated carbocycles. The van der Waals surface area contributed by atoms with E-state index in [1.807, 2.05) is 12.1 Å². The van der Waals surface area contributed by atoms with E-state index in [4.69, 9.17) is 33.7 Å². The first-order chi connectivity index (χ1) is 8.47. The van der Waals surface area contributed by atoms with Crippen LogP contribution in [0.5, 0.6) is 11.6 Å². The predicted molar refractivity (Wildman–Crippen MR) is 80.6 cm³/mol. The average molecular weight is 413 g/mol. The highest BCUT2D eigenvalue weighted by Gasteiger charge is 2.11. The fourth-order valence-corrected chi connectivity index (χ4v) is 2.72. The van der Waals surface area contributed by atoms with E-state index in [9.17, 15) is 0 Å². The van der Waals surface area contributed by atoms with Crippen LogP contribution >= 0.6 is 55.1 Å². The Bertz CT molecular complexity index is 608. The molecule has 0 fully saturated rings. The monoisotopic (exact) mass is 410 g/mol. The molecule has 0 amide bonds. The van der Waals surface area contributed by atoms with Crippen molar-refractivity contribution < 1.29 is 4.74 Å². The Hall–Kier alpha value is -0.490. The van der Waals surface area contributed by atoms with Crippen LogP contribution in [0.4, 0.5) is 5.82 Å². The van der Waals surface area contributed by atoms with Gasteiger partial charge in [0.1, 0.15) is 16.6 Å². The van der Waals surface area contributed by atoms with Crippen molar-refractivity contribution in [3.8, 4) is 11.6 Å². The lowest BCUT2D eigenvalue weighted by Gasteiger charge is -2.09. The number of hydrogen-bond acceptors (Lipinski definition) is 3. The topological polar surface area (TPSA) is 48.1 Å². The first-order valence-corrected chi connectivity index (χ1v) is 7.06. The van der Waals surface area contributed by atoms with E-state index in [0.29, 0.717) is 15.8 Å². The summed E-state index contributed by atoms with van der Waals surface area (Å²) in [6, 6.07) is 6.96. The molecule has 2 rings (SSSR count). The van der Waals surface area contributed by atoms with Crippen molar-refractivity contribution in [3.63, 3.8) is 0 Å². The Morgan fingerprint density at radius 2 is 1.83 bits per heavy atom. The molecule has 0 saturated heterocycles. The van der Waals surface area contributed by atoms with Crippen LogP contribution in [0.3, 0.4) is 0 Å². The highest BCUT2D eigenvalue weighted by atomic mass is 79.9. The van der Waals surface area contributed by atoms with E-state index in [2.05, 4.69) is 36.8 Å². The molecular formula is C11H6Br2Cl2N2O. The largest absolute Gasteiger partial charge is 0.436 e. The van der Waals surface area contributed by atoms with Crippen LogP contribution < -0.4 is 10.5 Å². The van der Waals surface area contributed by atoms with E-state index in [0.717, 1.165) is 8.95 Å². The molecule has 0 aliphatic carbocycles. The number of halogens is 4. The van der Waals surface area contributed by atoms with Crippen molar-refractivity contribution in [2.45, 2.75) is 0 Å². The van der Waals surface area contributed by atoms with Crippen LogP contribution in [0.1, 0.15) is 0 Å². The molecule has 0 unspecified atom stereocenters. The highest BCUT2D eigenvalue weighted by molar-refractivity contribution is 9.11. The normalized spacial score (nSPS) is 10.4. The molecular weight excluding hydrogens is 407 g/mol. The van der Waals surface area contributed by atoms with Gasteiger partial charge in [-0.05, 0) is 40.2 Å². The second-order valence-electron chi connectivity index (χ2n) is 3.32. The van der Waals surface area contributed by atoms with Crippen LogP contribution in [0.25, 0.3) is 0 Å². The summed E-state index contributed by atoms with van der Waals surface area (Å²) in [7, 11) is 0. The maximum Gasteiger partial charge on any atom is 0.240 e. The van der Waals surface area contributed by atoms with Gasteiger partial charge in [-0.15, -0.1) is 0 Å². The molecule has 1 heterocycles. The van der Waals surface area contributed by atoms with Gasteiger partial charge in [0.05, 0.1) is 9.50 Å². The first kappa shape index (κ1) is 13.9. The Morgan fingerprint density at radius 3 is 2.50 bits per heavy atom. The second kappa shape index (κ2) is 5.65. The molecule has 18 heavy (non-hydrogen) atoms. The molecule has 1 aromatic carbocycles. The third-order valence-corrected chi connectivity index (χ3v) is 3.71. The third-order valence-electron chi connectivity index (χ3n) is 2.03. The molecule has 0 spiro atoms. The fraction of sp³-hybridized carbons (Fsp3) is 0. The van der Waals surface area contributed by atoms with Crippen LogP contribution in [0.2, 0.25) is 10.0 Å². The van der Waals surface area contributed by atoms with Gasteiger partial charge in [0.25, 0.3) is 0 Å². The summed E-state index contributed by atoms with van der Waals surface area (Å²) in [5.41, 5.74) is 5.60. The number of nitrogens with zero attached hydrogens (tertiary/aromatic N) is 1. The number of rotatable bonds is 2. The second-order valence-corrected chi connectivity index (χ2v) is 5.90. The summed E-state index contributed by atoms with van der Waals surface area (Å²) in [4.78, 5) is 3.99. The summed E-state index contributed by atoms with van der Waals surface area (Å²) >= 11 is 18.5. The van der Waals surface area contributed by atoms with Crippen molar-refractivity contribution in [2.24, 2.45) is 0 Å². The minimum absolute atomic E-state index is 0.171. The van der Waals surface area contributed by atoms with Crippen molar-refractivity contribution in [3.05, 3.63) is 43.3 Å². The highest BCUT2D eigenvalue weighted by Crippen LogP contribution is 2.36. The van der Waals surface area contributed by atoms with Crippen molar-refractivity contribution >= 4 is 60.9 Å². The quantitative estimate of drug-likeness (QED) is 0.729. The molecule has 0 aliphatic heterocycles. The summed E-state index contributed by atoms with van der Waals surface area (Å²) in [6.45, 7) is 0. The predicted octanol–water partition coefficient (Wildman–Crippen LogP) is 5.29. The number of aromatic nitrogens is 1. The lowest BCUT2D eigenvalue weighted by molar-refractivity contribution is 0.461. The number of hydrogen-bond donors (Lipinski definition) is 1. The number of nitrogens with two attached hydrogens (primary N) is 1. The summed E-state index contributed by atoms with van der Waals surface area (Å²) in [5.74, 6) is 0.959. The number of pyridine rings is 1. The molecule has 1 aromatic heterocycles. The first-order valence-electron chi connectivity index (χ1n) is 4.72. The van der Waals surface area contributed by atoms with Crippen LogP contribution in [-0.2, 0) is 0 Å². The van der Waals surface area contributed by atoms with Crippen molar-refractivity contribution in [2.75, 3.05) is 5.73 Å². The van der Waals surface area contributed by atoms with Gasteiger partial charge in [-0.25, -0.2) is 0 Å². The molecule has 94 valence electrons. The van der Waals surface area contributed by atoms with Gasteiger partial charge in [0, 0.05) is 4.47 Å². The zero-order chi connectivity index (χ0) is 13.3. The zero-order valence-corrected chi connectivity index (χ0v) is 13.4. The Labute approximate surface area is 131 Å². The molecule has 0 radical (unpaired) electrons. The molecule has 3 nitrogen and oxygen atoms in total. The van der Waals surface area contributed by atoms with Gasteiger partial charge in [0.15, 0.2) is 0 Å². The van der Waals surface area contributed by atoms with Gasteiger partial charge in [-0.1, -0.05) is 39.1 Å². The van der Waals surface area contributed by atoms with E-state index in [1.54, 1.807) is 6.07 Å². The number of anilines is 1. The minimum atomic E-state index is 0.171. The van der Waals surface area contributed by atoms with Gasteiger partial charge in [0.2, 0.25) is 5.88 Å². The van der Waals surface area contributed by atoms with Crippen molar-refractivity contribution in [1.82, 2.24) is 4.98 Å². The van der Waals surface area contributed by atoms with Gasteiger partial charge < -0.3 is 10.5 Å². The zero-order valence-electron chi connectivity index (χ0n) is 8.75. The standard InChI is InChI=1S/C11H6Br2Cl2N2O/c12-5-1-2-9(6(13)3-5)18-11-8(15)4-7(14)10(16)17-11/h1-4H,(H2,16,17). The maximum absolute atomic E-state index is 5.98. The Kier molecular flexibility index (Phi) is 4.37. The van der Waals surface area contributed by atoms with Gasteiger partial charge in [-0.2, -0.15) is 4.98 Å². The number of benzene rings is 1. The minimum Gasteiger partial charge on any atom is -0.436 e.